The third kappa shape index (κ3) is 3.38. The maximum absolute atomic E-state index is 13.0. The molecule has 2 fully saturated rings. The van der Waals surface area contributed by atoms with Crippen molar-refractivity contribution < 1.29 is 14.6 Å². The number of hydrogen-bond acceptors (Lipinski definition) is 6. The zero-order valence-electron chi connectivity index (χ0n) is 16.9. The Morgan fingerprint density at radius 2 is 2.04 bits per heavy atom. The summed E-state index contributed by atoms with van der Waals surface area (Å²) in [5.74, 6) is 0.00790. The van der Waals surface area contributed by atoms with E-state index in [0.29, 0.717) is 30.2 Å². The number of aromatic nitrogens is 3. The van der Waals surface area contributed by atoms with Crippen molar-refractivity contribution >= 4 is 17.2 Å². The third-order valence-corrected chi connectivity index (χ3v) is 6.86. The molecule has 0 saturated carbocycles. The first-order valence-electron chi connectivity index (χ1n) is 9.72. The Kier molecular flexibility index (Phi) is 4.63. The Bertz CT molecular complexity index is 863. The third-order valence-electron chi connectivity index (χ3n) is 5.89. The standard InChI is InChI=1S/C20H28N4O3S/c1-18(2,3)15-11-14(23(4)22-15)16(25)24-8-5-19(6-9-24)12-20(26,13-27-19)17-21-7-10-28-17/h7,10-11,26H,5-6,8-9,12-13H2,1-4H3/t20-/m1/s1. The van der Waals surface area contributed by atoms with Gasteiger partial charge in [0.25, 0.3) is 5.91 Å². The predicted octanol–water partition coefficient (Wildman–Crippen LogP) is 2.46. The van der Waals surface area contributed by atoms with Gasteiger partial charge in [-0.1, -0.05) is 20.8 Å². The van der Waals surface area contributed by atoms with Crippen molar-refractivity contribution in [1.82, 2.24) is 19.7 Å². The molecule has 8 heteroatoms. The molecule has 2 saturated heterocycles. The van der Waals surface area contributed by atoms with E-state index in [4.69, 9.17) is 4.74 Å². The summed E-state index contributed by atoms with van der Waals surface area (Å²) in [5.41, 5.74) is 0.0525. The summed E-state index contributed by atoms with van der Waals surface area (Å²) in [6.45, 7) is 7.77. The highest BCUT2D eigenvalue weighted by Gasteiger charge is 2.52. The Hall–Kier alpha value is -1.77. The van der Waals surface area contributed by atoms with Gasteiger partial charge in [-0.25, -0.2) is 4.98 Å². The summed E-state index contributed by atoms with van der Waals surface area (Å²) in [4.78, 5) is 19.2. The molecule has 0 radical (unpaired) electrons. The van der Waals surface area contributed by atoms with Crippen LogP contribution in [0.3, 0.4) is 0 Å². The van der Waals surface area contributed by atoms with E-state index in [1.165, 1.54) is 11.3 Å². The minimum Gasteiger partial charge on any atom is -0.380 e. The van der Waals surface area contributed by atoms with Crippen LogP contribution in [0.4, 0.5) is 0 Å². The van der Waals surface area contributed by atoms with Crippen LogP contribution in [0.25, 0.3) is 0 Å². The van der Waals surface area contributed by atoms with Crippen molar-refractivity contribution in [2.24, 2.45) is 7.05 Å². The fourth-order valence-corrected chi connectivity index (χ4v) is 4.86. The maximum atomic E-state index is 13.0. The summed E-state index contributed by atoms with van der Waals surface area (Å²) in [6.07, 6.45) is 3.69. The molecule has 7 nitrogen and oxygen atoms in total. The van der Waals surface area contributed by atoms with Crippen LogP contribution in [-0.2, 0) is 22.8 Å². The zero-order chi connectivity index (χ0) is 20.2. The second-order valence-electron chi connectivity index (χ2n) is 9.10. The molecule has 2 aromatic heterocycles. The fourth-order valence-electron chi connectivity index (χ4n) is 4.13. The van der Waals surface area contributed by atoms with Gasteiger partial charge in [0.05, 0.1) is 17.9 Å². The maximum Gasteiger partial charge on any atom is 0.272 e. The molecule has 0 aromatic carbocycles. The molecular weight excluding hydrogens is 376 g/mol. The molecular formula is C20H28N4O3S. The number of piperidine rings is 1. The normalized spacial score (nSPS) is 24.8. The van der Waals surface area contributed by atoms with Crippen molar-refractivity contribution in [1.29, 1.82) is 0 Å². The average molecular weight is 405 g/mol. The molecule has 0 unspecified atom stereocenters. The minimum absolute atomic E-state index is 0.00790. The lowest BCUT2D eigenvalue weighted by molar-refractivity contribution is -0.0432. The van der Waals surface area contributed by atoms with Crippen molar-refractivity contribution in [3.63, 3.8) is 0 Å². The number of rotatable bonds is 2. The minimum atomic E-state index is -1.01. The molecule has 1 atom stereocenters. The molecule has 1 amide bonds. The van der Waals surface area contributed by atoms with Crippen LogP contribution < -0.4 is 0 Å². The van der Waals surface area contributed by atoms with E-state index in [1.54, 1.807) is 10.9 Å². The van der Waals surface area contributed by atoms with Crippen molar-refractivity contribution in [3.05, 3.63) is 34.0 Å². The molecule has 2 aromatic rings. The lowest BCUT2D eigenvalue weighted by atomic mass is 9.83. The van der Waals surface area contributed by atoms with E-state index in [2.05, 4.69) is 30.9 Å². The predicted molar refractivity (Wildman–Crippen MR) is 106 cm³/mol. The molecule has 152 valence electrons. The van der Waals surface area contributed by atoms with Gasteiger partial charge in [0.15, 0.2) is 0 Å². The second-order valence-corrected chi connectivity index (χ2v) is 9.99. The summed E-state index contributed by atoms with van der Waals surface area (Å²) >= 11 is 1.46. The molecule has 0 bridgehead atoms. The number of aliphatic hydroxyl groups is 1. The molecule has 2 aliphatic heterocycles. The Balaban J connectivity index is 1.44. The quantitative estimate of drug-likeness (QED) is 0.832. The van der Waals surface area contributed by atoms with Gasteiger partial charge in [-0.05, 0) is 18.9 Å². The number of thiazole rings is 1. The van der Waals surface area contributed by atoms with Gasteiger partial charge >= 0.3 is 0 Å². The molecule has 4 rings (SSSR count). The smallest absolute Gasteiger partial charge is 0.272 e. The van der Waals surface area contributed by atoms with Crippen molar-refractivity contribution in [2.75, 3.05) is 19.7 Å². The lowest BCUT2D eigenvalue weighted by Crippen LogP contribution is -2.47. The first-order valence-corrected chi connectivity index (χ1v) is 10.6. The highest BCUT2D eigenvalue weighted by atomic mass is 32.1. The Morgan fingerprint density at radius 1 is 1.32 bits per heavy atom. The molecule has 2 aliphatic rings. The van der Waals surface area contributed by atoms with Crippen LogP contribution in [0.15, 0.2) is 17.6 Å². The van der Waals surface area contributed by atoms with Gasteiger partial charge in [0.1, 0.15) is 16.3 Å². The van der Waals surface area contributed by atoms with Gasteiger partial charge in [0.2, 0.25) is 0 Å². The first-order chi connectivity index (χ1) is 13.1. The van der Waals surface area contributed by atoms with E-state index in [0.717, 1.165) is 18.5 Å². The van der Waals surface area contributed by atoms with Crippen LogP contribution in [-0.4, -0.2) is 56.0 Å². The summed E-state index contributed by atoms with van der Waals surface area (Å²) in [7, 11) is 1.82. The second kappa shape index (κ2) is 6.64. The van der Waals surface area contributed by atoms with Crippen molar-refractivity contribution in [2.45, 2.75) is 56.7 Å². The van der Waals surface area contributed by atoms with Gasteiger partial charge in [-0.15, -0.1) is 11.3 Å². The number of carbonyl (C=O) groups excluding carboxylic acids is 1. The number of carbonyl (C=O) groups is 1. The Labute approximate surface area is 169 Å². The van der Waals surface area contributed by atoms with Gasteiger partial charge < -0.3 is 14.7 Å². The molecule has 1 N–H and O–H groups in total. The van der Waals surface area contributed by atoms with Crippen LogP contribution in [0.2, 0.25) is 0 Å². The zero-order valence-corrected chi connectivity index (χ0v) is 17.8. The van der Waals surface area contributed by atoms with Crippen molar-refractivity contribution in [3.8, 4) is 0 Å². The van der Waals surface area contributed by atoms with E-state index in [1.807, 2.05) is 23.4 Å². The van der Waals surface area contributed by atoms with E-state index in [9.17, 15) is 9.90 Å². The molecule has 28 heavy (non-hydrogen) atoms. The lowest BCUT2D eigenvalue weighted by Gasteiger charge is -2.38. The topological polar surface area (TPSA) is 80.5 Å². The van der Waals surface area contributed by atoms with E-state index < -0.39 is 5.60 Å². The molecule has 1 spiro atoms. The van der Waals surface area contributed by atoms with Gasteiger partial charge in [-0.3, -0.25) is 9.48 Å². The fraction of sp³-hybridized carbons (Fsp3) is 0.650. The number of aryl methyl sites for hydroxylation is 1. The summed E-state index contributed by atoms with van der Waals surface area (Å²) in [6, 6.07) is 1.90. The molecule has 4 heterocycles. The van der Waals surface area contributed by atoms with E-state index >= 15 is 0 Å². The number of nitrogens with zero attached hydrogens (tertiary/aromatic N) is 4. The first kappa shape index (κ1) is 19.5. The number of likely N-dealkylation sites (tertiary alicyclic amines) is 1. The van der Waals surface area contributed by atoms with Crippen LogP contribution in [0.1, 0.15) is 61.2 Å². The number of ether oxygens (including phenoxy) is 1. The van der Waals surface area contributed by atoms with Crippen LogP contribution >= 0.6 is 11.3 Å². The molecule has 0 aliphatic carbocycles. The Morgan fingerprint density at radius 3 is 2.61 bits per heavy atom. The summed E-state index contributed by atoms with van der Waals surface area (Å²) < 4.78 is 7.77. The van der Waals surface area contributed by atoms with E-state index in [-0.39, 0.29) is 23.5 Å². The van der Waals surface area contributed by atoms with Gasteiger partial charge in [0, 0.05) is 43.5 Å². The average Bonchev–Trinajstić information content (AvgIpc) is 3.35. The number of amides is 1. The highest BCUT2D eigenvalue weighted by Crippen LogP contribution is 2.45. The summed E-state index contributed by atoms with van der Waals surface area (Å²) in [5, 5.41) is 18.1. The highest BCUT2D eigenvalue weighted by molar-refractivity contribution is 7.09. The number of hydrogen-bond donors (Lipinski definition) is 1. The van der Waals surface area contributed by atoms with Gasteiger partial charge in [-0.2, -0.15) is 5.10 Å². The monoisotopic (exact) mass is 404 g/mol. The largest absolute Gasteiger partial charge is 0.380 e. The SMILES string of the molecule is Cn1nc(C(C)(C)C)cc1C(=O)N1CCC2(CC1)C[C@](O)(c1nccs1)CO2. The van der Waals surface area contributed by atoms with Crippen LogP contribution in [0, 0.1) is 0 Å². The van der Waals surface area contributed by atoms with Crippen LogP contribution in [0.5, 0.6) is 0 Å².